The van der Waals surface area contributed by atoms with E-state index >= 15 is 0 Å². The Morgan fingerprint density at radius 3 is 2.33 bits per heavy atom. The fourth-order valence-corrected chi connectivity index (χ4v) is 4.81. The standard InChI is InChI=1S/C18H20ClN3O4S/c1-13-18(14(2)26-20-13)27(24,25)22-11-9-21(10-12-22)17(23)8-5-15-3-6-16(19)7-4-15/h3-8H,9-12H2,1-2H3/b8-5+. The van der Waals surface area contributed by atoms with Crippen LogP contribution in [0.3, 0.4) is 0 Å². The quantitative estimate of drug-likeness (QED) is 0.724. The van der Waals surface area contributed by atoms with Crippen LogP contribution in [0.15, 0.2) is 39.8 Å². The molecule has 0 N–H and O–H groups in total. The Morgan fingerprint density at radius 2 is 1.78 bits per heavy atom. The van der Waals surface area contributed by atoms with Crippen LogP contribution in [0.4, 0.5) is 0 Å². The maximum absolute atomic E-state index is 12.8. The Hall–Kier alpha value is -2.16. The molecule has 1 fully saturated rings. The molecular weight excluding hydrogens is 390 g/mol. The van der Waals surface area contributed by atoms with E-state index in [1.165, 1.54) is 10.4 Å². The van der Waals surface area contributed by atoms with Gasteiger partial charge in [0, 0.05) is 37.3 Å². The van der Waals surface area contributed by atoms with Gasteiger partial charge in [0.1, 0.15) is 10.6 Å². The largest absolute Gasteiger partial charge is 0.360 e. The first-order valence-corrected chi connectivity index (χ1v) is 10.3. The van der Waals surface area contributed by atoms with E-state index in [4.69, 9.17) is 16.1 Å². The van der Waals surface area contributed by atoms with Crippen LogP contribution in [0, 0.1) is 13.8 Å². The molecule has 1 aromatic heterocycles. The van der Waals surface area contributed by atoms with E-state index in [1.54, 1.807) is 37.0 Å². The normalized spacial score (nSPS) is 16.2. The average molecular weight is 410 g/mol. The Labute approximate surface area is 163 Å². The summed E-state index contributed by atoms with van der Waals surface area (Å²) in [6, 6.07) is 7.15. The summed E-state index contributed by atoms with van der Waals surface area (Å²) in [7, 11) is -3.68. The van der Waals surface area contributed by atoms with Crippen molar-refractivity contribution in [3.63, 3.8) is 0 Å². The van der Waals surface area contributed by atoms with Gasteiger partial charge in [0.2, 0.25) is 15.9 Å². The third-order valence-electron chi connectivity index (χ3n) is 4.40. The summed E-state index contributed by atoms with van der Waals surface area (Å²) in [4.78, 5) is 14.1. The molecule has 9 heteroatoms. The van der Waals surface area contributed by atoms with Crippen LogP contribution in [0.5, 0.6) is 0 Å². The molecule has 7 nitrogen and oxygen atoms in total. The second-order valence-electron chi connectivity index (χ2n) is 6.27. The van der Waals surface area contributed by atoms with Crippen LogP contribution in [0.1, 0.15) is 17.0 Å². The van der Waals surface area contributed by atoms with Gasteiger partial charge >= 0.3 is 0 Å². The van der Waals surface area contributed by atoms with Gasteiger partial charge < -0.3 is 9.42 Å². The predicted octanol–water partition coefficient (Wildman–Crippen LogP) is 2.49. The molecule has 0 bridgehead atoms. The maximum Gasteiger partial charge on any atom is 0.248 e. The lowest BCUT2D eigenvalue weighted by molar-refractivity contribution is -0.127. The molecule has 27 heavy (non-hydrogen) atoms. The summed E-state index contributed by atoms with van der Waals surface area (Å²) in [5.41, 5.74) is 1.21. The topological polar surface area (TPSA) is 83.7 Å². The van der Waals surface area contributed by atoms with E-state index in [9.17, 15) is 13.2 Å². The van der Waals surface area contributed by atoms with E-state index in [0.29, 0.717) is 23.8 Å². The predicted molar refractivity (Wildman–Crippen MR) is 102 cm³/mol. The molecule has 0 radical (unpaired) electrons. The van der Waals surface area contributed by atoms with Crippen molar-refractivity contribution < 1.29 is 17.7 Å². The molecule has 1 amide bonds. The van der Waals surface area contributed by atoms with Crippen LogP contribution in [0.2, 0.25) is 5.02 Å². The van der Waals surface area contributed by atoms with Gasteiger partial charge in [-0.15, -0.1) is 0 Å². The number of rotatable bonds is 4. The number of amides is 1. The number of halogens is 1. The van der Waals surface area contributed by atoms with Gasteiger partial charge in [0.05, 0.1) is 0 Å². The number of benzene rings is 1. The highest BCUT2D eigenvalue weighted by atomic mass is 35.5. The summed E-state index contributed by atoms with van der Waals surface area (Å²) in [6.45, 7) is 4.29. The Bertz CT molecular complexity index is 939. The summed E-state index contributed by atoms with van der Waals surface area (Å²) in [5, 5.41) is 4.35. The number of sulfonamides is 1. The zero-order chi connectivity index (χ0) is 19.6. The smallest absolute Gasteiger partial charge is 0.248 e. The molecule has 0 spiro atoms. The molecule has 2 aromatic rings. The van der Waals surface area contributed by atoms with Crippen LogP contribution in [-0.2, 0) is 14.8 Å². The molecule has 0 atom stereocenters. The van der Waals surface area contributed by atoms with Crippen LogP contribution < -0.4 is 0 Å². The summed E-state index contributed by atoms with van der Waals surface area (Å²) in [5.74, 6) is 0.122. The molecular formula is C18H20ClN3O4S. The number of piperazine rings is 1. The highest BCUT2D eigenvalue weighted by molar-refractivity contribution is 7.89. The van der Waals surface area contributed by atoms with E-state index in [2.05, 4.69) is 5.16 Å². The second kappa shape index (κ2) is 7.84. The lowest BCUT2D eigenvalue weighted by Crippen LogP contribution is -2.50. The minimum atomic E-state index is -3.68. The van der Waals surface area contributed by atoms with Crippen molar-refractivity contribution in [3.05, 3.63) is 52.4 Å². The van der Waals surface area contributed by atoms with Gasteiger partial charge in [0.25, 0.3) is 0 Å². The summed E-state index contributed by atoms with van der Waals surface area (Å²) >= 11 is 5.84. The van der Waals surface area contributed by atoms with E-state index in [1.807, 2.05) is 12.1 Å². The first kappa shape index (κ1) is 19.6. The Balaban J connectivity index is 1.63. The van der Waals surface area contributed by atoms with Crippen molar-refractivity contribution in [2.75, 3.05) is 26.2 Å². The van der Waals surface area contributed by atoms with Gasteiger partial charge in [-0.2, -0.15) is 4.31 Å². The average Bonchev–Trinajstić information content (AvgIpc) is 3.00. The minimum absolute atomic E-state index is 0.116. The zero-order valence-corrected chi connectivity index (χ0v) is 16.6. The van der Waals surface area contributed by atoms with Crippen LogP contribution >= 0.6 is 11.6 Å². The third kappa shape index (κ3) is 4.23. The number of carbonyl (C=O) groups is 1. The Morgan fingerprint density at radius 1 is 1.15 bits per heavy atom. The lowest BCUT2D eigenvalue weighted by Gasteiger charge is -2.33. The number of aromatic nitrogens is 1. The molecule has 3 rings (SSSR count). The van der Waals surface area contributed by atoms with Gasteiger partial charge in [0.15, 0.2) is 5.76 Å². The molecule has 1 saturated heterocycles. The highest BCUT2D eigenvalue weighted by Gasteiger charge is 2.33. The van der Waals surface area contributed by atoms with Gasteiger partial charge in [-0.3, -0.25) is 4.79 Å². The van der Waals surface area contributed by atoms with Crippen molar-refractivity contribution in [3.8, 4) is 0 Å². The summed E-state index contributed by atoms with van der Waals surface area (Å²) in [6.07, 6.45) is 3.20. The van der Waals surface area contributed by atoms with E-state index in [-0.39, 0.29) is 29.7 Å². The molecule has 144 valence electrons. The SMILES string of the molecule is Cc1noc(C)c1S(=O)(=O)N1CCN(C(=O)/C=C/c2ccc(Cl)cc2)CC1. The van der Waals surface area contributed by atoms with Crippen LogP contribution in [0.25, 0.3) is 6.08 Å². The lowest BCUT2D eigenvalue weighted by atomic mass is 10.2. The van der Waals surface area contributed by atoms with Crippen molar-refractivity contribution in [1.29, 1.82) is 0 Å². The number of nitrogens with zero attached hydrogens (tertiary/aromatic N) is 3. The fraction of sp³-hybridized carbons (Fsp3) is 0.333. The van der Waals surface area contributed by atoms with Crippen molar-refractivity contribution in [2.45, 2.75) is 18.7 Å². The van der Waals surface area contributed by atoms with Gasteiger partial charge in [-0.25, -0.2) is 8.42 Å². The maximum atomic E-state index is 12.8. The number of hydrogen-bond donors (Lipinski definition) is 0. The zero-order valence-electron chi connectivity index (χ0n) is 15.1. The number of hydrogen-bond acceptors (Lipinski definition) is 5. The van der Waals surface area contributed by atoms with Gasteiger partial charge in [-0.05, 0) is 37.6 Å². The number of aryl methyl sites for hydroxylation is 2. The van der Waals surface area contributed by atoms with E-state index in [0.717, 1.165) is 5.56 Å². The number of carbonyl (C=O) groups excluding carboxylic acids is 1. The van der Waals surface area contributed by atoms with Crippen molar-refractivity contribution in [2.24, 2.45) is 0 Å². The molecule has 0 unspecified atom stereocenters. The first-order chi connectivity index (χ1) is 12.8. The van der Waals surface area contributed by atoms with E-state index < -0.39 is 10.0 Å². The molecule has 0 saturated carbocycles. The second-order valence-corrected chi connectivity index (χ2v) is 8.58. The monoisotopic (exact) mass is 409 g/mol. The molecule has 1 aromatic carbocycles. The molecule has 1 aliphatic heterocycles. The van der Waals surface area contributed by atoms with Crippen molar-refractivity contribution >= 4 is 33.6 Å². The molecule has 0 aliphatic carbocycles. The van der Waals surface area contributed by atoms with Crippen LogP contribution in [-0.4, -0.2) is 54.9 Å². The summed E-state index contributed by atoms with van der Waals surface area (Å²) < 4.78 is 31.9. The van der Waals surface area contributed by atoms with Gasteiger partial charge in [-0.1, -0.05) is 28.9 Å². The fourth-order valence-electron chi connectivity index (χ4n) is 2.97. The molecule has 2 heterocycles. The first-order valence-electron chi connectivity index (χ1n) is 8.44. The minimum Gasteiger partial charge on any atom is -0.360 e. The third-order valence-corrected chi connectivity index (χ3v) is 6.80. The van der Waals surface area contributed by atoms with Crippen molar-refractivity contribution in [1.82, 2.24) is 14.4 Å². The highest BCUT2D eigenvalue weighted by Crippen LogP contribution is 2.24. The molecule has 1 aliphatic rings. The Kier molecular flexibility index (Phi) is 5.69.